The number of benzene rings is 1. The third-order valence-corrected chi connectivity index (χ3v) is 2.69. The van der Waals surface area contributed by atoms with E-state index in [-0.39, 0.29) is 10.6 Å². The number of nitrogens with one attached hydrogen (secondary N) is 1. The fourth-order valence-electron chi connectivity index (χ4n) is 1.69. The zero-order valence-electron chi connectivity index (χ0n) is 12.3. The van der Waals surface area contributed by atoms with Crippen LogP contribution in [0.15, 0.2) is 30.4 Å². The molecule has 1 rings (SSSR count). The highest BCUT2D eigenvalue weighted by Gasteiger charge is 2.11. The van der Waals surface area contributed by atoms with Crippen LogP contribution in [0.25, 0.3) is 0 Å². The minimum absolute atomic E-state index is 0.0877. The Hall–Kier alpha value is -1.88. The minimum atomic E-state index is -0.387. The quantitative estimate of drug-likeness (QED) is 0.450. The molecule has 5 heteroatoms. The van der Waals surface area contributed by atoms with Crippen LogP contribution in [0.3, 0.4) is 0 Å². The zero-order valence-corrected chi connectivity index (χ0v) is 12.3. The van der Waals surface area contributed by atoms with E-state index < -0.39 is 0 Å². The number of non-ortho nitro benzene ring substituents is 1. The Morgan fingerprint density at radius 3 is 2.80 bits per heavy atom. The van der Waals surface area contributed by atoms with Crippen molar-refractivity contribution in [2.75, 3.05) is 13.2 Å². The molecule has 110 valence electrons. The van der Waals surface area contributed by atoms with Crippen molar-refractivity contribution in [3.05, 3.63) is 46.0 Å². The molecule has 0 spiro atoms. The van der Waals surface area contributed by atoms with Crippen molar-refractivity contribution >= 4 is 5.69 Å². The van der Waals surface area contributed by atoms with Gasteiger partial charge in [-0.05, 0) is 25.5 Å². The fourth-order valence-corrected chi connectivity index (χ4v) is 1.69. The van der Waals surface area contributed by atoms with E-state index in [4.69, 9.17) is 4.74 Å². The largest absolute Gasteiger partial charge is 0.489 e. The third-order valence-electron chi connectivity index (χ3n) is 2.69. The first kappa shape index (κ1) is 16.2. The SMILES string of the molecule is CC=CCOc1ccc([N+](=O)[O-])cc1CNCC(C)C. The van der Waals surface area contributed by atoms with Crippen LogP contribution in [0.4, 0.5) is 5.69 Å². The smallest absolute Gasteiger partial charge is 0.270 e. The predicted octanol–water partition coefficient (Wildman–Crippen LogP) is 3.30. The van der Waals surface area contributed by atoms with Gasteiger partial charge >= 0.3 is 0 Å². The highest BCUT2D eigenvalue weighted by molar-refractivity contribution is 5.43. The summed E-state index contributed by atoms with van der Waals surface area (Å²) in [5.74, 6) is 1.21. The van der Waals surface area contributed by atoms with E-state index in [1.165, 1.54) is 6.07 Å². The van der Waals surface area contributed by atoms with Crippen LogP contribution in [0, 0.1) is 16.0 Å². The molecule has 0 saturated heterocycles. The van der Waals surface area contributed by atoms with E-state index in [0.29, 0.717) is 24.8 Å². The maximum Gasteiger partial charge on any atom is 0.270 e. The van der Waals surface area contributed by atoms with E-state index >= 15 is 0 Å². The lowest BCUT2D eigenvalue weighted by Gasteiger charge is -2.12. The van der Waals surface area contributed by atoms with Crippen LogP contribution in [0.5, 0.6) is 5.75 Å². The number of nitro benzene ring substituents is 1. The van der Waals surface area contributed by atoms with Gasteiger partial charge in [-0.2, -0.15) is 0 Å². The average molecular weight is 278 g/mol. The van der Waals surface area contributed by atoms with Gasteiger partial charge in [0.25, 0.3) is 5.69 Å². The normalized spacial score (nSPS) is 11.2. The van der Waals surface area contributed by atoms with Gasteiger partial charge in [-0.3, -0.25) is 10.1 Å². The molecule has 1 aromatic carbocycles. The molecule has 0 radical (unpaired) electrons. The van der Waals surface area contributed by atoms with Crippen molar-refractivity contribution in [3.63, 3.8) is 0 Å². The summed E-state index contributed by atoms with van der Waals surface area (Å²) in [4.78, 5) is 10.5. The van der Waals surface area contributed by atoms with Crippen LogP contribution in [-0.2, 0) is 6.54 Å². The minimum Gasteiger partial charge on any atom is -0.489 e. The molecule has 20 heavy (non-hydrogen) atoms. The molecule has 1 N–H and O–H groups in total. The van der Waals surface area contributed by atoms with Gasteiger partial charge in [0, 0.05) is 24.2 Å². The monoisotopic (exact) mass is 278 g/mol. The summed E-state index contributed by atoms with van der Waals surface area (Å²) in [5.41, 5.74) is 0.897. The standard InChI is InChI=1S/C15H22N2O3/c1-4-5-8-20-15-7-6-14(17(18)19)9-13(15)11-16-10-12(2)3/h4-7,9,12,16H,8,10-11H2,1-3H3. The van der Waals surface area contributed by atoms with Gasteiger partial charge in [-0.15, -0.1) is 0 Å². The number of hydrogen-bond acceptors (Lipinski definition) is 4. The van der Waals surface area contributed by atoms with Crippen molar-refractivity contribution < 1.29 is 9.66 Å². The second kappa shape index (κ2) is 8.32. The summed E-state index contributed by atoms with van der Waals surface area (Å²) in [7, 11) is 0. The molecule has 0 heterocycles. The van der Waals surface area contributed by atoms with Gasteiger partial charge in [0.05, 0.1) is 4.92 Å². The van der Waals surface area contributed by atoms with Crippen molar-refractivity contribution in [1.82, 2.24) is 5.32 Å². The number of allylic oxidation sites excluding steroid dienone is 1. The zero-order chi connectivity index (χ0) is 15.0. The first-order valence-corrected chi connectivity index (χ1v) is 6.76. The van der Waals surface area contributed by atoms with Crippen molar-refractivity contribution in [2.45, 2.75) is 27.3 Å². The highest BCUT2D eigenvalue weighted by Crippen LogP contribution is 2.24. The molecule has 0 saturated carbocycles. The lowest BCUT2D eigenvalue weighted by atomic mass is 10.1. The summed E-state index contributed by atoms with van der Waals surface area (Å²) < 4.78 is 5.62. The maximum atomic E-state index is 10.8. The summed E-state index contributed by atoms with van der Waals surface area (Å²) in [6.07, 6.45) is 3.80. The lowest BCUT2D eigenvalue weighted by Crippen LogP contribution is -2.19. The predicted molar refractivity (Wildman–Crippen MR) is 80.0 cm³/mol. The van der Waals surface area contributed by atoms with Gasteiger partial charge in [0.2, 0.25) is 0 Å². The lowest BCUT2D eigenvalue weighted by molar-refractivity contribution is -0.384. The Labute approximate surface area is 119 Å². The summed E-state index contributed by atoms with van der Waals surface area (Å²) in [5, 5.41) is 14.1. The van der Waals surface area contributed by atoms with E-state index in [1.54, 1.807) is 12.1 Å². The molecular weight excluding hydrogens is 256 g/mol. The molecule has 0 atom stereocenters. The Morgan fingerprint density at radius 2 is 2.20 bits per heavy atom. The molecule has 0 fully saturated rings. The van der Waals surface area contributed by atoms with Gasteiger partial charge in [-0.1, -0.05) is 26.0 Å². The van der Waals surface area contributed by atoms with Crippen LogP contribution in [0.1, 0.15) is 26.3 Å². The number of hydrogen-bond donors (Lipinski definition) is 1. The van der Waals surface area contributed by atoms with E-state index in [0.717, 1.165) is 12.1 Å². The van der Waals surface area contributed by atoms with Crippen LogP contribution in [-0.4, -0.2) is 18.1 Å². The number of ether oxygens (including phenoxy) is 1. The molecule has 0 aromatic heterocycles. The van der Waals surface area contributed by atoms with Crippen LogP contribution in [0.2, 0.25) is 0 Å². The van der Waals surface area contributed by atoms with E-state index in [1.807, 2.05) is 19.1 Å². The Morgan fingerprint density at radius 1 is 1.45 bits per heavy atom. The molecule has 0 aliphatic rings. The molecule has 0 unspecified atom stereocenters. The topological polar surface area (TPSA) is 64.4 Å². The Balaban J connectivity index is 2.82. The number of nitro groups is 1. The first-order valence-electron chi connectivity index (χ1n) is 6.76. The number of nitrogens with zero attached hydrogens (tertiary/aromatic N) is 1. The van der Waals surface area contributed by atoms with Gasteiger partial charge in [0.15, 0.2) is 0 Å². The average Bonchev–Trinajstić information content (AvgIpc) is 2.39. The fraction of sp³-hybridized carbons (Fsp3) is 0.467. The third kappa shape index (κ3) is 5.40. The highest BCUT2D eigenvalue weighted by atomic mass is 16.6. The molecule has 0 aliphatic heterocycles. The van der Waals surface area contributed by atoms with Crippen molar-refractivity contribution in [2.24, 2.45) is 5.92 Å². The first-order chi connectivity index (χ1) is 9.54. The van der Waals surface area contributed by atoms with E-state index in [2.05, 4.69) is 19.2 Å². The molecule has 0 amide bonds. The van der Waals surface area contributed by atoms with E-state index in [9.17, 15) is 10.1 Å². The molecule has 1 aromatic rings. The second-order valence-electron chi connectivity index (χ2n) is 4.95. The van der Waals surface area contributed by atoms with Crippen LogP contribution < -0.4 is 10.1 Å². The van der Waals surface area contributed by atoms with Crippen LogP contribution >= 0.6 is 0 Å². The summed E-state index contributed by atoms with van der Waals surface area (Å²) in [6.45, 7) is 8.03. The maximum absolute atomic E-state index is 10.8. The Kier molecular flexibility index (Phi) is 6.73. The molecule has 0 bridgehead atoms. The second-order valence-corrected chi connectivity index (χ2v) is 4.95. The van der Waals surface area contributed by atoms with Crippen molar-refractivity contribution in [1.29, 1.82) is 0 Å². The molecular formula is C15H22N2O3. The Bertz CT molecular complexity index is 470. The van der Waals surface area contributed by atoms with Gasteiger partial charge in [0.1, 0.15) is 12.4 Å². The molecule has 0 aliphatic carbocycles. The van der Waals surface area contributed by atoms with Gasteiger partial charge in [-0.25, -0.2) is 0 Å². The summed E-state index contributed by atoms with van der Waals surface area (Å²) in [6, 6.07) is 4.70. The molecule has 5 nitrogen and oxygen atoms in total. The summed E-state index contributed by atoms with van der Waals surface area (Å²) >= 11 is 0. The van der Waals surface area contributed by atoms with Crippen molar-refractivity contribution in [3.8, 4) is 5.75 Å². The van der Waals surface area contributed by atoms with Gasteiger partial charge < -0.3 is 10.1 Å². The number of rotatable bonds is 8.